The Kier molecular flexibility index (Phi) is 8.02. The molecule has 1 saturated heterocycles. The number of hydrogen-bond donors (Lipinski definition) is 3. The van der Waals surface area contributed by atoms with Crippen molar-refractivity contribution in [1.82, 2.24) is 14.8 Å². The van der Waals surface area contributed by atoms with Gasteiger partial charge in [0.05, 0.1) is 22.7 Å². The van der Waals surface area contributed by atoms with Gasteiger partial charge in [-0.1, -0.05) is 49.4 Å². The zero-order chi connectivity index (χ0) is 27.4. The molecule has 0 spiro atoms. The van der Waals surface area contributed by atoms with Gasteiger partial charge in [-0.25, -0.2) is 13.4 Å². The van der Waals surface area contributed by atoms with Gasteiger partial charge in [-0.3, -0.25) is 9.62 Å². The van der Waals surface area contributed by atoms with Gasteiger partial charge < -0.3 is 15.0 Å². The van der Waals surface area contributed by atoms with Crippen LogP contribution in [0, 0.1) is 0 Å². The number of fused-ring (bicyclic) bond motifs is 1. The molecule has 0 amide bonds. The molecule has 2 heterocycles. The minimum atomic E-state index is -3.46. The van der Waals surface area contributed by atoms with Crippen LogP contribution in [-0.2, 0) is 16.6 Å². The van der Waals surface area contributed by atoms with E-state index in [0.717, 1.165) is 44.0 Å². The number of nitrogens with one attached hydrogen (secondary N) is 2. The van der Waals surface area contributed by atoms with Crippen molar-refractivity contribution >= 4 is 38.0 Å². The van der Waals surface area contributed by atoms with Crippen LogP contribution in [0.5, 0.6) is 5.88 Å². The molecule has 39 heavy (non-hydrogen) atoms. The van der Waals surface area contributed by atoms with Crippen LogP contribution in [0.3, 0.4) is 0 Å². The fourth-order valence-electron chi connectivity index (χ4n) is 4.91. The van der Waals surface area contributed by atoms with Gasteiger partial charge in [0.25, 0.3) is 0 Å². The highest BCUT2D eigenvalue weighted by molar-refractivity contribution is 7.92. The number of aromatic hydroxyl groups is 1. The van der Waals surface area contributed by atoms with Crippen molar-refractivity contribution in [3.05, 3.63) is 89.5 Å². The van der Waals surface area contributed by atoms with Gasteiger partial charge in [0.1, 0.15) is 0 Å². The van der Waals surface area contributed by atoms with Crippen molar-refractivity contribution in [3.63, 3.8) is 0 Å². The average Bonchev–Trinajstić information content (AvgIpc) is 3.24. The number of nitrogens with zero attached hydrogens (tertiary/aromatic N) is 3. The lowest BCUT2D eigenvalue weighted by Gasteiger charge is -2.32. The second-order valence-electron chi connectivity index (χ2n) is 10.1. The number of piperazine rings is 1. The van der Waals surface area contributed by atoms with E-state index in [4.69, 9.17) is 4.99 Å². The van der Waals surface area contributed by atoms with Gasteiger partial charge in [-0.15, -0.1) is 0 Å². The summed E-state index contributed by atoms with van der Waals surface area (Å²) in [5, 5.41) is 11.7. The number of aromatic nitrogens is 1. The molecule has 3 aromatic carbocycles. The van der Waals surface area contributed by atoms with E-state index in [-0.39, 0.29) is 11.6 Å². The number of likely N-dealkylation sites (N-methyl/N-ethyl adjacent to an activating group) is 1. The summed E-state index contributed by atoms with van der Waals surface area (Å²) in [7, 11) is -1.30. The molecule has 3 N–H and O–H groups in total. The van der Waals surface area contributed by atoms with Crippen molar-refractivity contribution in [2.24, 2.45) is 4.99 Å². The summed E-state index contributed by atoms with van der Waals surface area (Å²) in [6, 6.07) is 23.1. The molecule has 0 radical (unpaired) electrons. The predicted molar refractivity (Wildman–Crippen MR) is 159 cm³/mol. The normalized spacial score (nSPS) is 15.6. The Morgan fingerprint density at radius 3 is 2.41 bits per heavy atom. The van der Waals surface area contributed by atoms with E-state index in [2.05, 4.69) is 38.7 Å². The van der Waals surface area contributed by atoms with E-state index in [1.807, 2.05) is 49.4 Å². The molecular weight excluding hydrogens is 510 g/mol. The fourth-order valence-corrected chi connectivity index (χ4v) is 6.04. The molecule has 4 aromatic rings. The maximum atomic E-state index is 12.4. The Bertz CT molecular complexity index is 1560. The van der Waals surface area contributed by atoms with Gasteiger partial charge in [0, 0.05) is 54.9 Å². The van der Waals surface area contributed by atoms with Crippen LogP contribution >= 0.6 is 0 Å². The number of H-pyrrole nitrogens is 1. The zero-order valence-corrected chi connectivity index (χ0v) is 23.2. The van der Waals surface area contributed by atoms with E-state index < -0.39 is 10.0 Å². The number of aliphatic imine (C=N–C) groups is 1. The van der Waals surface area contributed by atoms with Crippen molar-refractivity contribution in [1.29, 1.82) is 0 Å². The first-order valence-electron chi connectivity index (χ1n) is 13.3. The quantitative estimate of drug-likeness (QED) is 0.259. The molecule has 1 fully saturated rings. The molecule has 8 nitrogen and oxygen atoms in total. The third kappa shape index (κ3) is 6.50. The van der Waals surface area contributed by atoms with Crippen LogP contribution in [0.1, 0.15) is 30.0 Å². The summed E-state index contributed by atoms with van der Waals surface area (Å²) in [6.07, 6.45) is 0.521. The number of hydrogen-bond acceptors (Lipinski definition) is 6. The van der Waals surface area contributed by atoms with Crippen LogP contribution in [-0.4, -0.2) is 73.0 Å². The van der Waals surface area contributed by atoms with Crippen LogP contribution in [0.4, 0.5) is 11.4 Å². The molecule has 0 unspecified atom stereocenters. The number of sulfonamides is 1. The summed E-state index contributed by atoms with van der Waals surface area (Å²) < 4.78 is 27.4. The second kappa shape index (κ2) is 11.6. The molecule has 0 saturated carbocycles. The molecule has 1 aliphatic rings. The number of rotatable bonds is 9. The van der Waals surface area contributed by atoms with Gasteiger partial charge >= 0.3 is 0 Å². The van der Waals surface area contributed by atoms with Crippen LogP contribution in [0.2, 0.25) is 0 Å². The van der Waals surface area contributed by atoms with Crippen molar-refractivity contribution in [3.8, 4) is 5.88 Å². The molecule has 5 rings (SSSR count). The van der Waals surface area contributed by atoms with Gasteiger partial charge in [-0.2, -0.15) is 0 Å². The molecule has 204 valence electrons. The Balaban J connectivity index is 1.51. The maximum Gasteiger partial charge on any atom is 0.232 e. The zero-order valence-electron chi connectivity index (χ0n) is 22.4. The van der Waals surface area contributed by atoms with Gasteiger partial charge in [0.15, 0.2) is 5.88 Å². The number of anilines is 1. The molecule has 0 atom stereocenters. The van der Waals surface area contributed by atoms with Gasteiger partial charge in [0.2, 0.25) is 10.0 Å². The van der Waals surface area contributed by atoms with Crippen LogP contribution in [0.15, 0.2) is 77.8 Å². The predicted octanol–water partition coefficient (Wildman–Crippen LogP) is 4.94. The minimum absolute atomic E-state index is 0.0205. The maximum absolute atomic E-state index is 12.4. The van der Waals surface area contributed by atoms with E-state index in [1.54, 1.807) is 18.2 Å². The Hall–Kier alpha value is -3.66. The third-order valence-corrected chi connectivity index (χ3v) is 8.48. The summed E-state index contributed by atoms with van der Waals surface area (Å²) in [5.74, 6) is 0.0190. The standard InChI is InChI=1S/C30H35N5O3S/c1-3-19-39(37,38)33-25-13-14-27-26(20-25)28(30(36)32-27)29(23-7-5-4-6-8-23)31-24-11-9-22(10-12-24)21-35-17-15-34(2)16-18-35/h4-14,20,32-33,36H,3,15-19,21H2,1-2H3. The van der Waals surface area contributed by atoms with Crippen molar-refractivity contribution < 1.29 is 13.5 Å². The minimum Gasteiger partial charge on any atom is -0.494 e. The second-order valence-corrected chi connectivity index (χ2v) is 11.9. The van der Waals surface area contributed by atoms with Gasteiger partial charge in [-0.05, 0) is 49.4 Å². The molecule has 0 aliphatic carbocycles. The summed E-state index contributed by atoms with van der Waals surface area (Å²) >= 11 is 0. The average molecular weight is 546 g/mol. The molecule has 0 bridgehead atoms. The molecular formula is C30H35N5O3S. The summed E-state index contributed by atoms with van der Waals surface area (Å²) in [6.45, 7) is 7.02. The largest absolute Gasteiger partial charge is 0.494 e. The molecule has 1 aromatic heterocycles. The highest BCUT2D eigenvalue weighted by atomic mass is 32.2. The Morgan fingerprint density at radius 2 is 1.72 bits per heavy atom. The van der Waals surface area contributed by atoms with Crippen molar-refractivity contribution in [2.75, 3.05) is 43.7 Å². The lowest BCUT2D eigenvalue weighted by molar-refractivity contribution is 0.148. The first-order valence-corrected chi connectivity index (χ1v) is 15.0. The van der Waals surface area contributed by atoms with E-state index >= 15 is 0 Å². The van der Waals surface area contributed by atoms with E-state index in [9.17, 15) is 13.5 Å². The first kappa shape index (κ1) is 26.9. The highest BCUT2D eigenvalue weighted by Crippen LogP contribution is 2.33. The van der Waals surface area contributed by atoms with E-state index in [0.29, 0.717) is 34.3 Å². The summed E-state index contributed by atoms with van der Waals surface area (Å²) in [5.41, 5.74) is 5.09. The van der Waals surface area contributed by atoms with Crippen LogP contribution < -0.4 is 4.72 Å². The Labute approximate surface area is 230 Å². The molecule has 1 aliphatic heterocycles. The number of aromatic amines is 1. The summed E-state index contributed by atoms with van der Waals surface area (Å²) in [4.78, 5) is 12.8. The lowest BCUT2D eigenvalue weighted by Crippen LogP contribution is -2.43. The van der Waals surface area contributed by atoms with Crippen molar-refractivity contribution in [2.45, 2.75) is 19.9 Å². The fraction of sp³-hybridized carbons (Fsp3) is 0.300. The van der Waals surface area contributed by atoms with E-state index in [1.165, 1.54) is 5.56 Å². The third-order valence-electron chi connectivity index (χ3n) is 6.99. The smallest absolute Gasteiger partial charge is 0.232 e. The van der Waals surface area contributed by atoms with Crippen LogP contribution in [0.25, 0.3) is 10.9 Å². The highest BCUT2D eigenvalue weighted by Gasteiger charge is 2.20. The monoisotopic (exact) mass is 545 g/mol. The first-order chi connectivity index (χ1) is 18.8. The number of benzene rings is 3. The molecule has 9 heteroatoms. The SMILES string of the molecule is CCCS(=O)(=O)Nc1ccc2[nH]c(O)c(C(=Nc3ccc(CN4CCN(C)CC4)cc3)c3ccccc3)c2c1. The lowest BCUT2D eigenvalue weighted by atomic mass is 10.0. The topological polar surface area (TPSA) is 101 Å². The Morgan fingerprint density at radius 1 is 1.00 bits per heavy atom.